The van der Waals surface area contributed by atoms with E-state index in [1.165, 1.54) is 5.56 Å². The molecule has 2 aromatic carbocycles. The first-order valence-corrected chi connectivity index (χ1v) is 6.70. The average Bonchev–Trinajstić information content (AvgIpc) is 2.41. The van der Waals surface area contributed by atoms with Gasteiger partial charge in [-0.05, 0) is 42.3 Å². The molecule has 2 rings (SSSR count). The van der Waals surface area contributed by atoms with Crippen LogP contribution in [0.4, 0.5) is 21.9 Å². The molecule has 0 spiro atoms. The van der Waals surface area contributed by atoms with Crippen LogP contribution < -0.4 is 16.4 Å². The predicted molar refractivity (Wildman–Crippen MR) is 83.9 cm³/mol. The van der Waals surface area contributed by atoms with Gasteiger partial charge in [0.25, 0.3) is 0 Å². The van der Waals surface area contributed by atoms with Crippen molar-refractivity contribution in [3.63, 3.8) is 0 Å². The Balaban J connectivity index is 1.94. The zero-order chi connectivity index (χ0) is 14.4. The molecule has 4 nitrogen and oxygen atoms in total. The number of benzene rings is 2. The fraction of sp³-hybridized carbons (Fsp3) is 0.188. The van der Waals surface area contributed by atoms with E-state index in [1.807, 2.05) is 24.3 Å². The second kappa shape index (κ2) is 6.61. The molecular formula is C16H19N3O. The van der Waals surface area contributed by atoms with Crippen LogP contribution in [0.5, 0.6) is 0 Å². The summed E-state index contributed by atoms with van der Waals surface area (Å²) in [4.78, 5) is 11.8. The predicted octanol–water partition coefficient (Wildman–Crippen LogP) is 3.87. The van der Waals surface area contributed by atoms with Gasteiger partial charge in [0.1, 0.15) is 0 Å². The minimum atomic E-state index is -0.279. The molecule has 2 amide bonds. The molecule has 0 aromatic heterocycles. The van der Waals surface area contributed by atoms with E-state index in [1.54, 1.807) is 24.3 Å². The number of urea groups is 1. The molecule has 104 valence electrons. The van der Waals surface area contributed by atoms with E-state index < -0.39 is 0 Å². The minimum absolute atomic E-state index is 0.279. The number of nitrogens with one attached hydrogen (secondary N) is 2. The summed E-state index contributed by atoms with van der Waals surface area (Å²) in [5.41, 5.74) is 8.99. The number of nitrogens with two attached hydrogens (primary N) is 1. The standard InChI is InChI=1S/C16H19N3O/c1-2-4-12-7-9-14(10-8-12)18-16(20)19-15-6-3-5-13(17)11-15/h3,5-11H,2,4,17H2,1H3,(H2,18,19,20). The monoisotopic (exact) mass is 269 g/mol. The van der Waals surface area contributed by atoms with E-state index in [2.05, 4.69) is 17.6 Å². The van der Waals surface area contributed by atoms with E-state index in [9.17, 15) is 4.79 Å². The fourth-order valence-corrected chi connectivity index (χ4v) is 1.95. The lowest BCUT2D eigenvalue weighted by molar-refractivity contribution is 0.262. The van der Waals surface area contributed by atoms with Crippen molar-refractivity contribution in [2.45, 2.75) is 19.8 Å². The highest BCUT2D eigenvalue weighted by Gasteiger charge is 2.02. The first-order chi connectivity index (χ1) is 9.67. The number of hydrogen-bond donors (Lipinski definition) is 3. The van der Waals surface area contributed by atoms with Gasteiger partial charge in [0.05, 0.1) is 0 Å². The summed E-state index contributed by atoms with van der Waals surface area (Å²) in [5, 5.41) is 5.53. The van der Waals surface area contributed by atoms with Crippen LogP contribution in [-0.4, -0.2) is 6.03 Å². The highest BCUT2D eigenvalue weighted by Crippen LogP contribution is 2.14. The number of amides is 2. The normalized spacial score (nSPS) is 10.1. The molecule has 0 saturated carbocycles. The van der Waals surface area contributed by atoms with Crippen LogP contribution in [0.25, 0.3) is 0 Å². The van der Waals surface area contributed by atoms with Crippen molar-refractivity contribution in [2.75, 3.05) is 16.4 Å². The minimum Gasteiger partial charge on any atom is -0.399 e. The van der Waals surface area contributed by atoms with Crippen LogP contribution in [0.2, 0.25) is 0 Å². The van der Waals surface area contributed by atoms with Crippen LogP contribution >= 0.6 is 0 Å². The number of hydrogen-bond acceptors (Lipinski definition) is 2. The number of aryl methyl sites for hydroxylation is 1. The Morgan fingerprint density at radius 1 is 1.05 bits per heavy atom. The summed E-state index contributed by atoms with van der Waals surface area (Å²) < 4.78 is 0. The first kappa shape index (κ1) is 13.9. The number of rotatable bonds is 4. The first-order valence-electron chi connectivity index (χ1n) is 6.70. The molecule has 0 atom stereocenters. The highest BCUT2D eigenvalue weighted by molar-refractivity contribution is 5.99. The molecule has 0 unspecified atom stereocenters. The summed E-state index contributed by atoms with van der Waals surface area (Å²) in [7, 11) is 0. The smallest absolute Gasteiger partial charge is 0.323 e. The van der Waals surface area contributed by atoms with Crippen molar-refractivity contribution in [2.24, 2.45) is 0 Å². The maximum absolute atomic E-state index is 11.8. The molecule has 0 aliphatic carbocycles. The Morgan fingerprint density at radius 3 is 2.40 bits per heavy atom. The summed E-state index contributed by atoms with van der Waals surface area (Å²) in [6.45, 7) is 2.14. The largest absolute Gasteiger partial charge is 0.399 e. The molecule has 0 aliphatic heterocycles. The van der Waals surface area contributed by atoms with Crippen LogP contribution in [-0.2, 0) is 6.42 Å². The molecule has 0 saturated heterocycles. The molecule has 2 aromatic rings. The molecular weight excluding hydrogens is 250 g/mol. The Bertz CT molecular complexity index is 579. The van der Waals surface area contributed by atoms with Gasteiger partial charge in [0, 0.05) is 17.1 Å². The van der Waals surface area contributed by atoms with E-state index in [-0.39, 0.29) is 6.03 Å². The summed E-state index contributed by atoms with van der Waals surface area (Å²) in [5.74, 6) is 0. The van der Waals surface area contributed by atoms with Gasteiger partial charge in [-0.15, -0.1) is 0 Å². The molecule has 0 radical (unpaired) electrons. The molecule has 4 N–H and O–H groups in total. The van der Waals surface area contributed by atoms with Gasteiger partial charge in [-0.3, -0.25) is 0 Å². The third-order valence-corrected chi connectivity index (χ3v) is 2.89. The third kappa shape index (κ3) is 4.02. The second-order valence-corrected chi connectivity index (χ2v) is 4.65. The van der Waals surface area contributed by atoms with Crippen molar-refractivity contribution in [3.8, 4) is 0 Å². The van der Waals surface area contributed by atoms with E-state index in [0.717, 1.165) is 18.5 Å². The van der Waals surface area contributed by atoms with Crippen LogP contribution in [0.1, 0.15) is 18.9 Å². The van der Waals surface area contributed by atoms with Gasteiger partial charge in [-0.25, -0.2) is 4.79 Å². The maximum atomic E-state index is 11.8. The second-order valence-electron chi connectivity index (χ2n) is 4.65. The fourth-order valence-electron chi connectivity index (χ4n) is 1.95. The Hall–Kier alpha value is -2.49. The van der Waals surface area contributed by atoms with Crippen LogP contribution in [0.15, 0.2) is 48.5 Å². The van der Waals surface area contributed by atoms with Crippen LogP contribution in [0, 0.1) is 0 Å². The Labute approximate surface area is 119 Å². The van der Waals surface area contributed by atoms with Gasteiger partial charge in [0.15, 0.2) is 0 Å². The molecule has 0 bridgehead atoms. The topological polar surface area (TPSA) is 67.2 Å². The quantitative estimate of drug-likeness (QED) is 0.738. The molecule has 4 heteroatoms. The van der Waals surface area contributed by atoms with Gasteiger partial charge in [-0.1, -0.05) is 31.5 Å². The lowest BCUT2D eigenvalue weighted by Crippen LogP contribution is -2.19. The Morgan fingerprint density at radius 2 is 1.75 bits per heavy atom. The van der Waals surface area contributed by atoms with Crippen LogP contribution in [0.3, 0.4) is 0 Å². The van der Waals surface area contributed by atoms with E-state index in [0.29, 0.717) is 11.4 Å². The number of carbonyl (C=O) groups is 1. The van der Waals surface area contributed by atoms with Gasteiger partial charge >= 0.3 is 6.03 Å². The van der Waals surface area contributed by atoms with Crippen molar-refractivity contribution < 1.29 is 4.79 Å². The number of nitrogen functional groups attached to an aromatic ring is 1. The van der Waals surface area contributed by atoms with Crippen molar-refractivity contribution >= 4 is 23.1 Å². The third-order valence-electron chi connectivity index (χ3n) is 2.89. The number of carbonyl (C=O) groups excluding carboxylic acids is 1. The molecule has 0 heterocycles. The van der Waals surface area contributed by atoms with E-state index in [4.69, 9.17) is 5.73 Å². The summed E-state index contributed by atoms with van der Waals surface area (Å²) in [6.07, 6.45) is 2.17. The van der Waals surface area contributed by atoms with Crippen molar-refractivity contribution in [1.29, 1.82) is 0 Å². The SMILES string of the molecule is CCCc1ccc(NC(=O)Nc2cccc(N)c2)cc1. The van der Waals surface area contributed by atoms with Gasteiger partial charge in [0.2, 0.25) is 0 Å². The molecule has 0 fully saturated rings. The lowest BCUT2D eigenvalue weighted by Gasteiger charge is -2.08. The molecule has 0 aliphatic rings. The highest BCUT2D eigenvalue weighted by atomic mass is 16.2. The average molecular weight is 269 g/mol. The zero-order valence-corrected chi connectivity index (χ0v) is 11.5. The Kier molecular flexibility index (Phi) is 4.60. The molecule has 20 heavy (non-hydrogen) atoms. The van der Waals surface area contributed by atoms with E-state index >= 15 is 0 Å². The van der Waals surface area contributed by atoms with Gasteiger partial charge in [-0.2, -0.15) is 0 Å². The maximum Gasteiger partial charge on any atom is 0.323 e. The van der Waals surface area contributed by atoms with Crippen molar-refractivity contribution in [3.05, 3.63) is 54.1 Å². The summed E-state index contributed by atoms with van der Waals surface area (Å²) >= 11 is 0. The number of anilines is 3. The van der Waals surface area contributed by atoms with Gasteiger partial charge < -0.3 is 16.4 Å². The lowest BCUT2D eigenvalue weighted by atomic mass is 10.1. The summed E-state index contributed by atoms with van der Waals surface area (Å²) in [6, 6.07) is 14.7. The zero-order valence-electron chi connectivity index (χ0n) is 11.5. The van der Waals surface area contributed by atoms with Crippen molar-refractivity contribution in [1.82, 2.24) is 0 Å².